The average Bonchev–Trinajstić information content (AvgIpc) is 2.38. The monoisotopic (exact) mass is 317 g/mol. The zero-order valence-electron chi connectivity index (χ0n) is 10.2. The summed E-state index contributed by atoms with van der Waals surface area (Å²) < 4.78 is 0.374. The van der Waals surface area contributed by atoms with E-state index in [0.29, 0.717) is 23.4 Å². The van der Waals surface area contributed by atoms with E-state index in [1.165, 1.54) is 6.33 Å². The highest BCUT2D eigenvalue weighted by atomic mass is 79.9. The number of nitrogens with zero attached hydrogens (tertiary/aromatic N) is 3. The Morgan fingerprint density at radius 3 is 3.00 bits per heavy atom. The van der Waals surface area contributed by atoms with Crippen LogP contribution in [0.25, 0.3) is 0 Å². The summed E-state index contributed by atoms with van der Waals surface area (Å²) in [5.41, 5.74) is 5.30. The number of hydrogen-bond donors (Lipinski definition) is 3. The molecule has 1 unspecified atom stereocenters. The number of nitrogens with one attached hydrogen (secondary N) is 1. The van der Waals surface area contributed by atoms with Gasteiger partial charge >= 0.3 is 0 Å². The Hall–Kier alpha value is -1.57. The van der Waals surface area contributed by atoms with E-state index in [1.807, 2.05) is 18.7 Å². The molecular weight excluding hydrogens is 302 g/mol. The molecule has 1 aromatic rings. The van der Waals surface area contributed by atoms with E-state index in [-0.39, 0.29) is 17.3 Å². The molecule has 1 heterocycles. The molecule has 1 atom stereocenters. The summed E-state index contributed by atoms with van der Waals surface area (Å²) in [7, 11) is 0. The van der Waals surface area contributed by atoms with E-state index < -0.39 is 0 Å². The summed E-state index contributed by atoms with van der Waals surface area (Å²) >= 11 is 3.21. The lowest BCUT2D eigenvalue weighted by Gasteiger charge is -2.25. The Morgan fingerprint density at radius 1 is 1.78 bits per heavy atom. The van der Waals surface area contributed by atoms with E-state index in [9.17, 15) is 4.79 Å². The Bertz CT molecular complexity index is 487. The molecule has 0 spiro atoms. The molecule has 0 bridgehead atoms. The number of hydrogen-bond acceptors (Lipinski definition) is 5. The Balaban J connectivity index is 2.97. The quantitative estimate of drug-likeness (QED) is 0.321. The average molecular weight is 318 g/mol. The van der Waals surface area contributed by atoms with Crippen LogP contribution in [0.5, 0.6) is 0 Å². The van der Waals surface area contributed by atoms with Crippen molar-refractivity contribution in [1.82, 2.24) is 9.97 Å². The summed E-state index contributed by atoms with van der Waals surface area (Å²) in [6.45, 7) is 4.92. The maximum atomic E-state index is 11.5. The highest BCUT2D eigenvalue weighted by molar-refractivity contribution is 9.10. The predicted octanol–water partition coefficient (Wildman–Crippen LogP) is 0.741. The van der Waals surface area contributed by atoms with Crippen molar-refractivity contribution in [2.45, 2.75) is 13.8 Å². The van der Waals surface area contributed by atoms with Crippen molar-refractivity contribution < 1.29 is 5.21 Å². The third kappa shape index (κ3) is 3.22. The first-order chi connectivity index (χ1) is 8.51. The number of aromatic nitrogens is 2. The number of rotatable bonds is 5. The molecular formula is C10H16BrN5O2. The van der Waals surface area contributed by atoms with Gasteiger partial charge in [0.05, 0.1) is 6.33 Å². The van der Waals surface area contributed by atoms with Crippen molar-refractivity contribution in [2.75, 3.05) is 18.0 Å². The van der Waals surface area contributed by atoms with E-state index in [4.69, 9.17) is 10.9 Å². The van der Waals surface area contributed by atoms with Crippen LogP contribution in [0.4, 0.5) is 5.82 Å². The molecule has 0 aliphatic rings. The van der Waals surface area contributed by atoms with Crippen LogP contribution in [-0.2, 0) is 0 Å². The van der Waals surface area contributed by atoms with Crippen molar-refractivity contribution in [3.05, 3.63) is 21.2 Å². The molecule has 0 aliphatic heterocycles. The Morgan fingerprint density at radius 2 is 2.44 bits per heavy atom. The van der Waals surface area contributed by atoms with Crippen LogP contribution in [0, 0.1) is 5.92 Å². The van der Waals surface area contributed by atoms with Gasteiger partial charge in [-0.3, -0.25) is 4.79 Å². The van der Waals surface area contributed by atoms with Crippen molar-refractivity contribution in [3.63, 3.8) is 0 Å². The first kappa shape index (κ1) is 14.5. The molecule has 0 radical (unpaired) electrons. The van der Waals surface area contributed by atoms with Gasteiger partial charge in [0.2, 0.25) is 0 Å². The SMILES string of the molecule is CCN(CC(C)C(N)=NO)c1nc[nH]c(=O)c1Br. The van der Waals surface area contributed by atoms with Crippen molar-refractivity contribution in [2.24, 2.45) is 16.8 Å². The lowest BCUT2D eigenvalue weighted by atomic mass is 10.1. The molecule has 0 amide bonds. The number of nitrogens with two attached hydrogens (primary N) is 1. The fourth-order valence-corrected chi connectivity index (χ4v) is 1.95. The molecule has 8 heteroatoms. The van der Waals surface area contributed by atoms with Crippen LogP contribution in [0.3, 0.4) is 0 Å². The zero-order chi connectivity index (χ0) is 13.7. The highest BCUT2D eigenvalue weighted by Crippen LogP contribution is 2.19. The lowest BCUT2D eigenvalue weighted by molar-refractivity contribution is 0.314. The first-order valence-electron chi connectivity index (χ1n) is 5.46. The second-order valence-electron chi connectivity index (χ2n) is 3.83. The number of oxime groups is 1. The van der Waals surface area contributed by atoms with Gasteiger partial charge in [-0.05, 0) is 22.9 Å². The van der Waals surface area contributed by atoms with Gasteiger partial charge in [-0.25, -0.2) is 4.98 Å². The standard InChI is InChI=1S/C10H16BrN5O2/c1-3-16(4-6(2)8(12)15-18)9-7(11)10(17)14-5-13-9/h5-6,18H,3-4H2,1-2H3,(H2,12,15)(H,13,14,17). The molecule has 0 saturated heterocycles. The van der Waals surface area contributed by atoms with Gasteiger partial charge in [0.15, 0.2) is 0 Å². The van der Waals surface area contributed by atoms with Crippen LogP contribution in [-0.4, -0.2) is 34.1 Å². The van der Waals surface area contributed by atoms with Crippen molar-refractivity contribution in [3.8, 4) is 0 Å². The summed E-state index contributed by atoms with van der Waals surface area (Å²) in [5.74, 6) is 0.538. The summed E-state index contributed by atoms with van der Waals surface area (Å²) in [4.78, 5) is 20.0. The molecule has 0 saturated carbocycles. The maximum Gasteiger partial charge on any atom is 0.267 e. The van der Waals surface area contributed by atoms with Gasteiger partial charge in [0.1, 0.15) is 16.1 Å². The normalized spacial score (nSPS) is 13.4. The molecule has 4 N–H and O–H groups in total. The van der Waals surface area contributed by atoms with Gasteiger partial charge in [-0.2, -0.15) is 0 Å². The Kier molecular flexibility index (Phi) is 5.14. The van der Waals surface area contributed by atoms with Crippen LogP contribution >= 0.6 is 15.9 Å². The lowest BCUT2D eigenvalue weighted by Crippen LogP contribution is -2.36. The number of H-pyrrole nitrogens is 1. The zero-order valence-corrected chi connectivity index (χ0v) is 11.8. The second-order valence-corrected chi connectivity index (χ2v) is 4.63. The fourth-order valence-electron chi connectivity index (χ4n) is 1.48. The van der Waals surface area contributed by atoms with Gasteiger partial charge in [-0.1, -0.05) is 12.1 Å². The van der Waals surface area contributed by atoms with E-state index >= 15 is 0 Å². The maximum absolute atomic E-state index is 11.5. The molecule has 0 fully saturated rings. The van der Waals surface area contributed by atoms with Crippen LogP contribution in [0.1, 0.15) is 13.8 Å². The van der Waals surface area contributed by atoms with Gasteiger partial charge in [0, 0.05) is 19.0 Å². The fraction of sp³-hybridized carbons (Fsp3) is 0.500. The molecule has 7 nitrogen and oxygen atoms in total. The van der Waals surface area contributed by atoms with Gasteiger partial charge in [-0.15, -0.1) is 0 Å². The number of anilines is 1. The first-order valence-corrected chi connectivity index (χ1v) is 6.26. The van der Waals surface area contributed by atoms with Crippen molar-refractivity contribution >= 4 is 27.6 Å². The third-order valence-electron chi connectivity index (χ3n) is 2.57. The number of amidine groups is 1. The minimum absolute atomic E-state index is 0.148. The summed E-state index contributed by atoms with van der Waals surface area (Å²) in [5, 5.41) is 11.6. The number of aromatic amines is 1. The molecule has 18 heavy (non-hydrogen) atoms. The third-order valence-corrected chi connectivity index (χ3v) is 3.29. The predicted molar refractivity (Wildman–Crippen MR) is 73.0 cm³/mol. The summed E-state index contributed by atoms with van der Waals surface area (Å²) in [6.07, 6.45) is 1.35. The minimum Gasteiger partial charge on any atom is -0.409 e. The molecule has 100 valence electrons. The van der Waals surface area contributed by atoms with Crippen LogP contribution in [0.15, 0.2) is 20.8 Å². The molecule has 0 aromatic carbocycles. The number of halogens is 1. The van der Waals surface area contributed by atoms with Crippen molar-refractivity contribution in [1.29, 1.82) is 0 Å². The molecule has 1 rings (SSSR count). The van der Waals surface area contributed by atoms with Gasteiger partial charge in [0.25, 0.3) is 5.56 Å². The molecule has 1 aromatic heterocycles. The second kappa shape index (κ2) is 6.39. The topological polar surface area (TPSA) is 108 Å². The largest absolute Gasteiger partial charge is 0.409 e. The van der Waals surface area contributed by atoms with Gasteiger partial charge < -0.3 is 20.8 Å². The highest BCUT2D eigenvalue weighted by Gasteiger charge is 2.17. The Labute approximate surface area is 113 Å². The van der Waals surface area contributed by atoms with E-state index in [1.54, 1.807) is 0 Å². The van der Waals surface area contributed by atoms with E-state index in [0.717, 1.165) is 0 Å². The smallest absolute Gasteiger partial charge is 0.267 e. The van der Waals surface area contributed by atoms with E-state index in [2.05, 4.69) is 31.1 Å². The minimum atomic E-state index is -0.241. The molecule has 0 aliphatic carbocycles. The summed E-state index contributed by atoms with van der Waals surface area (Å²) in [6, 6.07) is 0. The van der Waals surface area contributed by atoms with Crippen LogP contribution in [0.2, 0.25) is 0 Å². The van der Waals surface area contributed by atoms with Crippen LogP contribution < -0.4 is 16.2 Å².